The standard InChI is InChI=1S/C9H13N5S/c1-4-14-8(7-6-10-2-3-11-7)12-13-9(14)15-5-1/h2-3,6,8-9,12-13H,1,4-5H2. The van der Waals surface area contributed by atoms with Crippen molar-refractivity contribution in [2.75, 3.05) is 12.3 Å². The molecule has 0 aromatic carbocycles. The van der Waals surface area contributed by atoms with Gasteiger partial charge in [0.15, 0.2) is 0 Å². The van der Waals surface area contributed by atoms with Crippen LogP contribution in [0.4, 0.5) is 0 Å². The minimum absolute atomic E-state index is 0.163. The molecule has 2 aliphatic heterocycles. The third-order valence-corrected chi connectivity index (χ3v) is 3.90. The molecule has 0 spiro atoms. The van der Waals surface area contributed by atoms with Gasteiger partial charge < -0.3 is 0 Å². The summed E-state index contributed by atoms with van der Waals surface area (Å²) in [6, 6.07) is 0. The highest BCUT2D eigenvalue weighted by molar-refractivity contribution is 7.99. The largest absolute Gasteiger partial charge is 0.261 e. The van der Waals surface area contributed by atoms with E-state index in [1.807, 2.05) is 18.0 Å². The molecule has 5 nitrogen and oxygen atoms in total. The maximum Gasteiger partial charge on any atom is 0.122 e. The summed E-state index contributed by atoms with van der Waals surface area (Å²) in [5.74, 6) is 1.23. The molecule has 1 aromatic heterocycles. The predicted octanol–water partition coefficient (Wildman–Crippen LogP) is 0.305. The van der Waals surface area contributed by atoms with E-state index in [4.69, 9.17) is 0 Å². The van der Waals surface area contributed by atoms with Gasteiger partial charge in [0.1, 0.15) is 11.7 Å². The van der Waals surface area contributed by atoms with E-state index >= 15 is 0 Å². The molecule has 0 radical (unpaired) electrons. The quantitative estimate of drug-likeness (QED) is 0.714. The van der Waals surface area contributed by atoms with Crippen molar-refractivity contribution in [3.63, 3.8) is 0 Å². The van der Waals surface area contributed by atoms with Gasteiger partial charge in [-0.15, -0.1) is 11.8 Å². The van der Waals surface area contributed by atoms with Gasteiger partial charge >= 0.3 is 0 Å². The van der Waals surface area contributed by atoms with Crippen molar-refractivity contribution in [2.45, 2.75) is 18.1 Å². The van der Waals surface area contributed by atoms with E-state index in [1.165, 1.54) is 12.2 Å². The van der Waals surface area contributed by atoms with Crippen molar-refractivity contribution in [3.05, 3.63) is 24.3 Å². The number of nitrogens with zero attached hydrogens (tertiary/aromatic N) is 3. The van der Waals surface area contributed by atoms with Crippen molar-refractivity contribution in [1.29, 1.82) is 0 Å². The molecule has 2 fully saturated rings. The van der Waals surface area contributed by atoms with Crippen molar-refractivity contribution in [1.82, 2.24) is 25.7 Å². The Morgan fingerprint density at radius 3 is 3.27 bits per heavy atom. The fraction of sp³-hybridized carbons (Fsp3) is 0.556. The summed E-state index contributed by atoms with van der Waals surface area (Å²) in [5, 5.41) is 0. The van der Waals surface area contributed by atoms with Gasteiger partial charge in [0, 0.05) is 18.9 Å². The van der Waals surface area contributed by atoms with E-state index in [0.717, 1.165) is 12.2 Å². The van der Waals surface area contributed by atoms with Gasteiger partial charge in [-0.05, 0) is 12.2 Å². The Bertz CT molecular complexity index is 333. The number of hydrazine groups is 1. The lowest BCUT2D eigenvalue weighted by Gasteiger charge is -2.30. The SMILES string of the molecule is c1cnc(C2NNC3SCCCN32)cn1. The second-order valence-electron chi connectivity index (χ2n) is 3.64. The molecule has 1 aromatic rings. The van der Waals surface area contributed by atoms with Crippen LogP contribution >= 0.6 is 11.8 Å². The number of aromatic nitrogens is 2. The Morgan fingerprint density at radius 1 is 1.40 bits per heavy atom. The van der Waals surface area contributed by atoms with Gasteiger partial charge in [0.25, 0.3) is 0 Å². The highest BCUT2D eigenvalue weighted by atomic mass is 32.2. The van der Waals surface area contributed by atoms with Crippen molar-refractivity contribution < 1.29 is 0 Å². The highest BCUT2D eigenvalue weighted by Gasteiger charge is 2.36. The molecule has 3 rings (SSSR count). The van der Waals surface area contributed by atoms with Gasteiger partial charge in [-0.1, -0.05) is 0 Å². The van der Waals surface area contributed by atoms with E-state index in [0.29, 0.717) is 5.50 Å². The summed E-state index contributed by atoms with van der Waals surface area (Å²) >= 11 is 1.94. The number of hydrogen-bond acceptors (Lipinski definition) is 6. The maximum atomic E-state index is 4.34. The van der Waals surface area contributed by atoms with Crippen molar-refractivity contribution in [2.24, 2.45) is 0 Å². The first-order valence-electron chi connectivity index (χ1n) is 5.09. The van der Waals surface area contributed by atoms with Gasteiger partial charge in [0.05, 0.1) is 11.9 Å². The van der Waals surface area contributed by atoms with Crippen molar-refractivity contribution >= 4 is 11.8 Å². The van der Waals surface area contributed by atoms with E-state index in [-0.39, 0.29) is 6.17 Å². The number of hydrogen-bond donors (Lipinski definition) is 2. The lowest BCUT2D eigenvalue weighted by Crippen LogP contribution is -2.38. The molecule has 6 heteroatoms. The first kappa shape index (κ1) is 9.53. The van der Waals surface area contributed by atoms with E-state index < -0.39 is 0 Å². The zero-order valence-electron chi connectivity index (χ0n) is 8.26. The first-order valence-corrected chi connectivity index (χ1v) is 6.14. The van der Waals surface area contributed by atoms with Crippen LogP contribution in [-0.4, -0.2) is 32.7 Å². The Balaban J connectivity index is 1.82. The third-order valence-electron chi connectivity index (χ3n) is 2.68. The lowest BCUT2D eigenvalue weighted by molar-refractivity contribution is 0.219. The summed E-state index contributed by atoms with van der Waals surface area (Å²) in [6.07, 6.45) is 6.66. The molecule has 0 bridgehead atoms. The lowest BCUT2D eigenvalue weighted by atomic mass is 10.3. The topological polar surface area (TPSA) is 53.1 Å². The minimum atomic E-state index is 0.163. The molecular formula is C9H13N5S. The van der Waals surface area contributed by atoms with Crippen LogP contribution in [-0.2, 0) is 0 Å². The smallest absolute Gasteiger partial charge is 0.122 e. The maximum absolute atomic E-state index is 4.34. The molecule has 0 saturated carbocycles. The van der Waals surface area contributed by atoms with Gasteiger partial charge in [-0.3, -0.25) is 14.9 Å². The number of rotatable bonds is 1. The third kappa shape index (κ3) is 1.74. The van der Waals surface area contributed by atoms with Crippen LogP contribution in [0, 0.1) is 0 Å². The molecule has 0 aliphatic carbocycles. The number of thioether (sulfide) groups is 1. The summed E-state index contributed by atoms with van der Waals surface area (Å²) in [5.41, 5.74) is 7.91. The molecule has 2 atom stereocenters. The van der Waals surface area contributed by atoms with E-state index in [1.54, 1.807) is 12.4 Å². The fourth-order valence-electron chi connectivity index (χ4n) is 1.97. The average molecular weight is 223 g/mol. The zero-order chi connectivity index (χ0) is 10.1. The number of nitrogens with one attached hydrogen (secondary N) is 2. The second-order valence-corrected chi connectivity index (χ2v) is 4.82. The molecule has 15 heavy (non-hydrogen) atoms. The van der Waals surface area contributed by atoms with Gasteiger partial charge in [0.2, 0.25) is 0 Å². The predicted molar refractivity (Wildman–Crippen MR) is 58.6 cm³/mol. The average Bonchev–Trinajstić information content (AvgIpc) is 2.74. The van der Waals surface area contributed by atoms with Gasteiger partial charge in [-0.25, -0.2) is 10.9 Å². The highest BCUT2D eigenvalue weighted by Crippen LogP contribution is 2.30. The Kier molecular flexibility index (Phi) is 2.57. The molecule has 2 aliphatic rings. The molecule has 0 amide bonds. The normalized spacial score (nSPS) is 31.5. The van der Waals surface area contributed by atoms with Crippen LogP contribution in [0.5, 0.6) is 0 Å². The minimum Gasteiger partial charge on any atom is -0.261 e. The van der Waals surface area contributed by atoms with Crippen LogP contribution in [0.2, 0.25) is 0 Å². The van der Waals surface area contributed by atoms with E-state index in [2.05, 4.69) is 25.7 Å². The Labute approximate surface area is 92.6 Å². The van der Waals surface area contributed by atoms with Crippen LogP contribution < -0.4 is 10.9 Å². The van der Waals surface area contributed by atoms with Crippen LogP contribution in [0.25, 0.3) is 0 Å². The molecule has 2 unspecified atom stereocenters. The molecule has 3 heterocycles. The Morgan fingerprint density at radius 2 is 2.40 bits per heavy atom. The molecule has 2 N–H and O–H groups in total. The second kappa shape index (κ2) is 4.05. The summed E-state index contributed by atoms with van der Waals surface area (Å²) in [6.45, 7) is 1.11. The zero-order valence-corrected chi connectivity index (χ0v) is 9.07. The van der Waals surface area contributed by atoms with Crippen molar-refractivity contribution in [3.8, 4) is 0 Å². The summed E-state index contributed by atoms with van der Waals surface area (Å²) in [7, 11) is 0. The molecule has 2 saturated heterocycles. The van der Waals surface area contributed by atoms with Crippen LogP contribution in [0.3, 0.4) is 0 Å². The van der Waals surface area contributed by atoms with Crippen LogP contribution in [0.1, 0.15) is 18.3 Å². The summed E-state index contributed by atoms with van der Waals surface area (Å²) < 4.78 is 0. The fourth-order valence-corrected chi connectivity index (χ4v) is 3.06. The number of fused-ring (bicyclic) bond motifs is 1. The van der Waals surface area contributed by atoms with Crippen LogP contribution in [0.15, 0.2) is 18.6 Å². The Hall–Kier alpha value is -0.690. The molecule has 80 valence electrons. The van der Waals surface area contributed by atoms with E-state index in [9.17, 15) is 0 Å². The summed E-state index contributed by atoms with van der Waals surface area (Å²) in [4.78, 5) is 10.8. The molecular weight excluding hydrogens is 210 g/mol. The first-order chi connectivity index (χ1) is 7.45. The monoisotopic (exact) mass is 223 g/mol. The van der Waals surface area contributed by atoms with Gasteiger partial charge in [-0.2, -0.15) is 0 Å².